The molecule has 2 amide bonds. The Kier molecular flexibility index (Phi) is 8.47. The smallest absolute Gasteiger partial charge is 0.337 e. The second-order valence-corrected chi connectivity index (χ2v) is 7.25. The number of anilines is 1. The van der Waals surface area contributed by atoms with Crippen molar-refractivity contribution in [3.63, 3.8) is 0 Å². The number of nitrogens with zero attached hydrogens (tertiary/aromatic N) is 1. The number of aliphatic hydroxyl groups is 1. The molecule has 180 valence electrons. The topological polar surface area (TPSA) is 126 Å². The van der Waals surface area contributed by atoms with Crippen LogP contribution in [0.4, 0.5) is 5.69 Å². The maximum Gasteiger partial charge on any atom is 0.337 e. The number of benzene rings is 2. The van der Waals surface area contributed by atoms with E-state index in [-0.39, 0.29) is 55.6 Å². The van der Waals surface area contributed by atoms with Gasteiger partial charge in [0, 0.05) is 6.54 Å². The van der Waals surface area contributed by atoms with Crippen molar-refractivity contribution in [3.05, 3.63) is 65.4 Å². The molecule has 0 aliphatic carbocycles. The van der Waals surface area contributed by atoms with Gasteiger partial charge in [0.25, 0.3) is 11.8 Å². The molecule has 0 saturated carbocycles. The Balaban J connectivity index is 1.66. The minimum atomic E-state index is -0.658. The van der Waals surface area contributed by atoms with Crippen LogP contribution in [0.1, 0.15) is 10.4 Å². The number of rotatable bonds is 11. The first-order valence-electron chi connectivity index (χ1n) is 10.6. The van der Waals surface area contributed by atoms with Crippen molar-refractivity contribution < 1.29 is 33.7 Å². The van der Waals surface area contributed by atoms with E-state index in [1.165, 1.54) is 12.0 Å². The third kappa shape index (κ3) is 5.84. The lowest BCUT2D eigenvalue weighted by atomic mass is 10.1. The first-order valence-corrected chi connectivity index (χ1v) is 10.6. The molecule has 34 heavy (non-hydrogen) atoms. The van der Waals surface area contributed by atoms with Crippen LogP contribution in [0.15, 0.2) is 59.8 Å². The summed E-state index contributed by atoms with van der Waals surface area (Å²) in [6, 6.07) is 13.7. The molecule has 0 saturated heterocycles. The molecule has 0 fully saturated rings. The Labute approximate surface area is 197 Å². The highest BCUT2D eigenvalue weighted by molar-refractivity contribution is 6.09. The molecule has 2 aromatic carbocycles. The summed E-state index contributed by atoms with van der Waals surface area (Å²) in [5, 5.41) is 14.9. The number of nitrogens with one attached hydrogen (secondary N) is 2. The van der Waals surface area contributed by atoms with E-state index in [0.29, 0.717) is 11.4 Å². The predicted octanol–water partition coefficient (Wildman–Crippen LogP) is 1.18. The monoisotopic (exact) mass is 469 g/mol. The number of hydrogen-bond acceptors (Lipinski definition) is 8. The van der Waals surface area contributed by atoms with E-state index in [0.717, 1.165) is 5.75 Å². The molecule has 0 bridgehead atoms. The van der Waals surface area contributed by atoms with Gasteiger partial charge in [-0.3, -0.25) is 9.59 Å². The summed E-state index contributed by atoms with van der Waals surface area (Å²) in [4.78, 5) is 39.1. The van der Waals surface area contributed by atoms with Gasteiger partial charge in [-0.2, -0.15) is 0 Å². The van der Waals surface area contributed by atoms with Crippen LogP contribution >= 0.6 is 0 Å². The Morgan fingerprint density at radius 3 is 2.44 bits per heavy atom. The lowest BCUT2D eigenvalue weighted by Crippen LogP contribution is -2.32. The van der Waals surface area contributed by atoms with Crippen molar-refractivity contribution in [2.75, 3.05) is 52.4 Å². The SMILES string of the molecule is COC(=O)C1=C(Nc2ccccc2C(=O)NCCOc2ccc(OC)cc2)C(=O)N(CCO)C1. The van der Waals surface area contributed by atoms with Crippen LogP contribution < -0.4 is 20.1 Å². The summed E-state index contributed by atoms with van der Waals surface area (Å²) < 4.78 is 15.5. The summed E-state index contributed by atoms with van der Waals surface area (Å²) in [5.74, 6) is -0.132. The summed E-state index contributed by atoms with van der Waals surface area (Å²) >= 11 is 0. The van der Waals surface area contributed by atoms with E-state index in [1.54, 1.807) is 55.6 Å². The number of aliphatic hydroxyl groups excluding tert-OH is 1. The van der Waals surface area contributed by atoms with Gasteiger partial charge in [0.05, 0.1) is 50.7 Å². The van der Waals surface area contributed by atoms with E-state index in [1.807, 2.05) is 0 Å². The molecule has 0 aromatic heterocycles. The van der Waals surface area contributed by atoms with Gasteiger partial charge < -0.3 is 34.9 Å². The second kappa shape index (κ2) is 11.7. The lowest BCUT2D eigenvalue weighted by molar-refractivity contribution is -0.136. The van der Waals surface area contributed by atoms with E-state index in [4.69, 9.17) is 14.2 Å². The molecule has 1 heterocycles. The van der Waals surface area contributed by atoms with Gasteiger partial charge >= 0.3 is 5.97 Å². The molecule has 3 rings (SSSR count). The maximum absolute atomic E-state index is 12.8. The molecule has 1 aliphatic heterocycles. The zero-order valence-electron chi connectivity index (χ0n) is 19.0. The Morgan fingerprint density at radius 2 is 1.76 bits per heavy atom. The number of hydrogen-bond donors (Lipinski definition) is 3. The Morgan fingerprint density at radius 1 is 1.06 bits per heavy atom. The van der Waals surface area contributed by atoms with E-state index < -0.39 is 11.9 Å². The van der Waals surface area contributed by atoms with Crippen LogP contribution in [-0.2, 0) is 14.3 Å². The summed E-state index contributed by atoms with van der Waals surface area (Å²) in [5.41, 5.74) is 0.788. The Hall–Kier alpha value is -4.05. The van der Waals surface area contributed by atoms with Gasteiger partial charge in [-0.1, -0.05) is 12.1 Å². The highest BCUT2D eigenvalue weighted by Crippen LogP contribution is 2.25. The van der Waals surface area contributed by atoms with Crippen molar-refractivity contribution in [1.29, 1.82) is 0 Å². The number of carbonyl (C=O) groups is 3. The average molecular weight is 469 g/mol. The van der Waals surface area contributed by atoms with Gasteiger partial charge in [0.2, 0.25) is 0 Å². The second-order valence-electron chi connectivity index (χ2n) is 7.25. The van der Waals surface area contributed by atoms with Gasteiger partial charge in [0.15, 0.2) is 0 Å². The maximum atomic E-state index is 12.8. The van der Waals surface area contributed by atoms with Gasteiger partial charge in [-0.05, 0) is 36.4 Å². The van der Waals surface area contributed by atoms with Crippen molar-refractivity contribution in [3.8, 4) is 11.5 Å². The fraction of sp³-hybridized carbons (Fsp3) is 0.292. The zero-order valence-corrected chi connectivity index (χ0v) is 19.0. The van der Waals surface area contributed by atoms with E-state index in [9.17, 15) is 19.5 Å². The molecule has 0 radical (unpaired) electrons. The molecule has 0 atom stereocenters. The van der Waals surface area contributed by atoms with E-state index >= 15 is 0 Å². The minimum Gasteiger partial charge on any atom is -0.497 e. The van der Waals surface area contributed by atoms with Crippen molar-refractivity contribution >= 4 is 23.5 Å². The van der Waals surface area contributed by atoms with Crippen LogP contribution in [0, 0.1) is 0 Å². The van der Waals surface area contributed by atoms with Gasteiger partial charge in [-0.25, -0.2) is 4.79 Å². The number of methoxy groups -OCH3 is 2. The number of ether oxygens (including phenoxy) is 3. The van der Waals surface area contributed by atoms with Crippen LogP contribution in [-0.4, -0.2) is 74.9 Å². The molecule has 3 N–H and O–H groups in total. The fourth-order valence-electron chi connectivity index (χ4n) is 3.37. The first kappa shape index (κ1) is 24.6. The van der Waals surface area contributed by atoms with Crippen molar-refractivity contribution in [1.82, 2.24) is 10.2 Å². The van der Waals surface area contributed by atoms with Crippen molar-refractivity contribution in [2.24, 2.45) is 0 Å². The molecular formula is C24H27N3O7. The van der Waals surface area contributed by atoms with Gasteiger partial charge in [-0.15, -0.1) is 0 Å². The summed E-state index contributed by atoms with van der Waals surface area (Å²) in [6.07, 6.45) is 0. The van der Waals surface area contributed by atoms with Crippen LogP contribution in [0.3, 0.4) is 0 Å². The summed E-state index contributed by atoms with van der Waals surface area (Å²) in [7, 11) is 2.81. The molecular weight excluding hydrogens is 442 g/mol. The first-order chi connectivity index (χ1) is 16.5. The molecule has 0 unspecified atom stereocenters. The van der Waals surface area contributed by atoms with Crippen molar-refractivity contribution in [2.45, 2.75) is 0 Å². The molecule has 10 heteroatoms. The van der Waals surface area contributed by atoms with Crippen LogP contribution in [0.2, 0.25) is 0 Å². The highest BCUT2D eigenvalue weighted by Gasteiger charge is 2.34. The number of esters is 1. The van der Waals surface area contributed by atoms with Crippen LogP contribution in [0.5, 0.6) is 11.5 Å². The van der Waals surface area contributed by atoms with E-state index in [2.05, 4.69) is 10.6 Å². The largest absolute Gasteiger partial charge is 0.497 e. The Bertz CT molecular complexity index is 1070. The highest BCUT2D eigenvalue weighted by atomic mass is 16.5. The quantitative estimate of drug-likeness (QED) is 0.331. The lowest BCUT2D eigenvalue weighted by Gasteiger charge is -2.16. The zero-order chi connectivity index (χ0) is 24.5. The molecule has 1 aliphatic rings. The van der Waals surface area contributed by atoms with Gasteiger partial charge in [0.1, 0.15) is 23.8 Å². The number of amides is 2. The number of β-amino-alcohol motifs (C(OH)–C–C–N with tert-alkyl or cyclic N) is 1. The van der Waals surface area contributed by atoms with Crippen LogP contribution in [0.25, 0.3) is 0 Å². The number of carbonyl (C=O) groups excluding carboxylic acids is 3. The standard InChI is InChI=1S/C24H27N3O7/c1-32-16-7-9-17(10-8-16)34-14-11-25-22(29)18-5-3-4-6-20(18)26-21-19(24(31)33-2)15-27(12-13-28)23(21)30/h3-10,26,28H,11-15H2,1-2H3,(H,25,29). The minimum absolute atomic E-state index is 0.00542. The number of para-hydroxylation sites is 1. The third-order valence-corrected chi connectivity index (χ3v) is 5.10. The molecule has 2 aromatic rings. The molecule has 10 nitrogen and oxygen atoms in total. The third-order valence-electron chi connectivity index (χ3n) is 5.10. The average Bonchev–Trinajstić information content (AvgIpc) is 3.17. The normalized spacial score (nSPS) is 13.0. The molecule has 0 spiro atoms. The predicted molar refractivity (Wildman–Crippen MR) is 124 cm³/mol. The fourth-order valence-corrected chi connectivity index (χ4v) is 3.37. The summed E-state index contributed by atoms with van der Waals surface area (Å²) in [6.45, 7) is 0.329.